The first kappa shape index (κ1) is 15.8. The second-order valence-electron chi connectivity index (χ2n) is 4.68. The minimum Gasteiger partial charge on any atom is -0.309 e. The Morgan fingerprint density at radius 1 is 1.33 bits per heavy atom. The maximum absolute atomic E-state index is 6.35. The molecule has 2 unspecified atom stereocenters. The van der Waals surface area contributed by atoms with Crippen LogP contribution in [0.3, 0.4) is 0 Å². The molecule has 0 aliphatic carbocycles. The summed E-state index contributed by atoms with van der Waals surface area (Å²) in [5, 5.41) is 8.95. The fourth-order valence-electron chi connectivity index (χ4n) is 2.03. The van der Waals surface area contributed by atoms with Gasteiger partial charge in [-0.25, -0.2) is 0 Å². The highest BCUT2D eigenvalue weighted by Crippen LogP contribution is 2.21. The molecule has 18 heavy (non-hydrogen) atoms. The zero-order valence-corrected chi connectivity index (χ0v) is 13.1. The number of hydrogen-bond donors (Lipinski definition) is 1. The molecule has 0 spiro atoms. The summed E-state index contributed by atoms with van der Waals surface area (Å²) >= 11 is 12.3. The standard InChI is InChI=1S/C13H23Cl2N3/c1-5-11-13(15)12(18(6-2)17-11)8-16-10(4)7-9(3)14/h9-10,16H,5-8H2,1-4H3. The maximum atomic E-state index is 6.35. The Hall–Kier alpha value is -0.250. The fraction of sp³-hybridized carbons (Fsp3) is 0.769. The Bertz CT molecular complexity index is 375. The Morgan fingerprint density at radius 3 is 2.50 bits per heavy atom. The van der Waals surface area contributed by atoms with Crippen LogP contribution in [0.2, 0.25) is 5.02 Å². The first-order chi connectivity index (χ1) is 8.49. The number of nitrogens with one attached hydrogen (secondary N) is 1. The molecule has 0 aliphatic heterocycles. The van der Waals surface area contributed by atoms with Crippen molar-refractivity contribution >= 4 is 23.2 Å². The fourth-order valence-corrected chi connectivity index (χ4v) is 2.63. The van der Waals surface area contributed by atoms with Crippen LogP contribution >= 0.6 is 23.2 Å². The summed E-state index contributed by atoms with van der Waals surface area (Å²) in [6.07, 6.45) is 1.81. The summed E-state index contributed by atoms with van der Waals surface area (Å²) in [4.78, 5) is 0. The van der Waals surface area contributed by atoms with Crippen LogP contribution in [0.4, 0.5) is 0 Å². The van der Waals surface area contributed by atoms with Crippen molar-refractivity contribution in [3.8, 4) is 0 Å². The Balaban J connectivity index is 2.69. The molecule has 0 amide bonds. The predicted molar refractivity (Wildman–Crippen MR) is 78.5 cm³/mol. The predicted octanol–water partition coefficient (Wildman–Crippen LogP) is 3.61. The molecule has 0 bridgehead atoms. The molecule has 1 aromatic heterocycles. The molecule has 3 nitrogen and oxygen atoms in total. The summed E-state index contributed by atoms with van der Waals surface area (Å²) < 4.78 is 1.98. The first-order valence-corrected chi connectivity index (χ1v) is 7.42. The van der Waals surface area contributed by atoms with E-state index in [1.54, 1.807) is 0 Å². The molecule has 0 fully saturated rings. The van der Waals surface area contributed by atoms with Crippen LogP contribution in [0, 0.1) is 0 Å². The number of aromatic nitrogens is 2. The SMILES string of the molecule is CCc1nn(CC)c(CNC(C)CC(C)Cl)c1Cl. The van der Waals surface area contributed by atoms with Crippen LogP contribution in [-0.4, -0.2) is 21.2 Å². The molecule has 1 rings (SSSR count). The third-order valence-electron chi connectivity index (χ3n) is 2.99. The molecule has 0 aliphatic rings. The average Bonchev–Trinajstić information content (AvgIpc) is 2.62. The van der Waals surface area contributed by atoms with Crippen LogP contribution < -0.4 is 5.32 Å². The van der Waals surface area contributed by atoms with Crippen molar-refractivity contribution in [3.05, 3.63) is 16.4 Å². The maximum Gasteiger partial charge on any atom is 0.0863 e. The lowest BCUT2D eigenvalue weighted by molar-refractivity contribution is 0.490. The van der Waals surface area contributed by atoms with Crippen LogP contribution in [0.15, 0.2) is 0 Å². The van der Waals surface area contributed by atoms with Gasteiger partial charge < -0.3 is 5.32 Å². The van der Waals surface area contributed by atoms with Gasteiger partial charge in [0, 0.05) is 24.5 Å². The van der Waals surface area contributed by atoms with Crippen LogP contribution in [-0.2, 0) is 19.5 Å². The second kappa shape index (κ2) is 7.37. The summed E-state index contributed by atoms with van der Waals surface area (Å²) in [6, 6.07) is 0.374. The van der Waals surface area contributed by atoms with Gasteiger partial charge in [-0.15, -0.1) is 11.6 Å². The number of alkyl halides is 1. The van der Waals surface area contributed by atoms with E-state index < -0.39 is 0 Å². The normalized spacial score (nSPS) is 14.8. The molecule has 0 saturated carbocycles. The molecular formula is C13H23Cl2N3. The van der Waals surface area contributed by atoms with E-state index in [0.717, 1.165) is 42.3 Å². The van der Waals surface area contributed by atoms with Crippen LogP contribution in [0.5, 0.6) is 0 Å². The van der Waals surface area contributed by atoms with Gasteiger partial charge in [0.2, 0.25) is 0 Å². The molecule has 2 atom stereocenters. The third kappa shape index (κ3) is 4.15. The van der Waals surface area contributed by atoms with E-state index in [4.69, 9.17) is 23.2 Å². The molecule has 0 aromatic carbocycles. The Kier molecular flexibility index (Phi) is 6.47. The number of rotatable bonds is 7. The molecule has 1 aromatic rings. The molecule has 5 heteroatoms. The van der Waals surface area contributed by atoms with Crippen molar-refractivity contribution in [1.29, 1.82) is 0 Å². The summed E-state index contributed by atoms with van der Waals surface area (Å²) in [6.45, 7) is 9.89. The van der Waals surface area contributed by atoms with Crippen molar-refractivity contribution in [2.45, 2.75) is 65.0 Å². The highest BCUT2D eigenvalue weighted by Gasteiger charge is 2.15. The zero-order valence-electron chi connectivity index (χ0n) is 11.6. The lowest BCUT2D eigenvalue weighted by Gasteiger charge is -2.15. The van der Waals surface area contributed by atoms with Crippen LogP contribution in [0.1, 0.15) is 45.5 Å². The van der Waals surface area contributed by atoms with Gasteiger partial charge in [-0.2, -0.15) is 5.10 Å². The van der Waals surface area contributed by atoms with Crippen LogP contribution in [0.25, 0.3) is 0 Å². The van der Waals surface area contributed by atoms with Crippen molar-refractivity contribution < 1.29 is 0 Å². The van der Waals surface area contributed by atoms with E-state index in [-0.39, 0.29) is 5.38 Å². The molecule has 1 N–H and O–H groups in total. The highest BCUT2D eigenvalue weighted by atomic mass is 35.5. The van der Waals surface area contributed by atoms with E-state index >= 15 is 0 Å². The largest absolute Gasteiger partial charge is 0.309 e. The third-order valence-corrected chi connectivity index (χ3v) is 3.60. The van der Waals surface area contributed by atoms with E-state index in [2.05, 4.69) is 31.2 Å². The van der Waals surface area contributed by atoms with E-state index in [1.165, 1.54) is 0 Å². The number of hydrogen-bond acceptors (Lipinski definition) is 2. The summed E-state index contributed by atoms with van der Waals surface area (Å²) in [5.41, 5.74) is 2.05. The lowest BCUT2D eigenvalue weighted by atomic mass is 10.2. The number of halogens is 2. The summed E-state index contributed by atoms with van der Waals surface area (Å²) in [7, 11) is 0. The second-order valence-corrected chi connectivity index (χ2v) is 5.80. The smallest absolute Gasteiger partial charge is 0.0863 e. The highest BCUT2D eigenvalue weighted by molar-refractivity contribution is 6.31. The molecular weight excluding hydrogens is 269 g/mol. The van der Waals surface area contributed by atoms with Gasteiger partial charge in [-0.1, -0.05) is 18.5 Å². The van der Waals surface area contributed by atoms with E-state index in [1.807, 2.05) is 11.6 Å². The monoisotopic (exact) mass is 291 g/mol. The van der Waals surface area contributed by atoms with Gasteiger partial charge in [0.05, 0.1) is 16.4 Å². The van der Waals surface area contributed by atoms with Crippen molar-refractivity contribution in [2.75, 3.05) is 0 Å². The van der Waals surface area contributed by atoms with Gasteiger partial charge in [0.1, 0.15) is 0 Å². The Morgan fingerprint density at radius 2 is 2.00 bits per heavy atom. The quantitative estimate of drug-likeness (QED) is 0.778. The topological polar surface area (TPSA) is 29.9 Å². The first-order valence-electron chi connectivity index (χ1n) is 6.61. The van der Waals surface area contributed by atoms with Gasteiger partial charge in [-0.05, 0) is 33.6 Å². The molecule has 104 valence electrons. The van der Waals surface area contributed by atoms with E-state index in [0.29, 0.717) is 6.04 Å². The van der Waals surface area contributed by atoms with Gasteiger partial charge >= 0.3 is 0 Å². The van der Waals surface area contributed by atoms with Crippen molar-refractivity contribution in [2.24, 2.45) is 0 Å². The van der Waals surface area contributed by atoms with Crippen molar-refractivity contribution in [3.63, 3.8) is 0 Å². The molecule has 1 heterocycles. The van der Waals surface area contributed by atoms with Gasteiger partial charge in [0.25, 0.3) is 0 Å². The van der Waals surface area contributed by atoms with E-state index in [9.17, 15) is 0 Å². The lowest BCUT2D eigenvalue weighted by Crippen LogP contribution is -2.28. The average molecular weight is 292 g/mol. The van der Waals surface area contributed by atoms with Crippen molar-refractivity contribution in [1.82, 2.24) is 15.1 Å². The minimum absolute atomic E-state index is 0.185. The number of nitrogens with zero attached hydrogens (tertiary/aromatic N) is 2. The summed E-state index contributed by atoms with van der Waals surface area (Å²) in [5.74, 6) is 0. The Labute approximate surface area is 120 Å². The van der Waals surface area contributed by atoms with Gasteiger partial charge in [0.15, 0.2) is 0 Å². The minimum atomic E-state index is 0.185. The molecule has 0 saturated heterocycles. The van der Waals surface area contributed by atoms with Gasteiger partial charge in [-0.3, -0.25) is 4.68 Å². The zero-order chi connectivity index (χ0) is 13.7. The number of aryl methyl sites for hydroxylation is 2. The molecule has 0 radical (unpaired) electrons.